The number of carbonyl (C=O) groups is 1. The Morgan fingerprint density at radius 2 is 1.67 bits per heavy atom. The zero-order valence-electron chi connectivity index (χ0n) is 15.3. The summed E-state index contributed by atoms with van der Waals surface area (Å²) >= 11 is 0. The van der Waals surface area contributed by atoms with Crippen LogP contribution in [0.1, 0.15) is 11.1 Å². The average molecular weight is 374 g/mol. The number of anilines is 1. The summed E-state index contributed by atoms with van der Waals surface area (Å²) in [4.78, 5) is 16.6. The number of carbonyl (C=O) groups excluding carboxylic acids is 1. The van der Waals surface area contributed by atoms with Crippen molar-refractivity contribution in [3.05, 3.63) is 65.2 Å². The molecular formula is C20H24F2N4O. The van der Waals surface area contributed by atoms with Gasteiger partial charge < -0.3 is 15.5 Å². The summed E-state index contributed by atoms with van der Waals surface area (Å²) in [7, 11) is 2.14. The standard InChI is InChI=1S/C20H24F2N4O/c1-25-8-10-26(11-9-25)14-16-4-2-15(3-5-16)13-23-20(27)24-19-7-6-17(21)12-18(19)22/h2-7,12H,8-11,13-14H2,1H3,(H2,23,24,27). The molecule has 27 heavy (non-hydrogen) atoms. The molecule has 144 valence electrons. The second-order valence-electron chi connectivity index (χ2n) is 6.83. The number of urea groups is 1. The number of benzene rings is 2. The third-order valence-electron chi connectivity index (χ3n) is 4.66. The van der Waals surface area contributed by atoms with Crippen LogP contribution >= 0.6 is 0 Å². The van der Waals surface area contributed by atoms with Gasteiger partial charge in [0.05, 0.1) is 5.69 Å². The molecule has 1 aliphatic rings. The Hall–Kier alpha value is -2.51. The molecule has 0 aliphatic carbocycles. The molecule has 0 spiro atoms. The number of likely N-dealkylation sites (N-methyl/N-ethyl adjacent to an activating group) is 1. The maximum Gasteiger partial charge on any atom is 0.319 e. The van der Waals surface area contributed by atoms with Gasteiger partial charge in [-0.25, -0.2) is 13.6 Å². The van der Waals surface area contributed by atoms with E-state index < -0.39 is 17.7 Å². The Morgan fingerprint density at radius 1 is 1.00 bits per heavy atom. The zero-order valence-corrected chi connectivity index (χ0v) is 15.3. The molecule has 1 aliphatic heterocycles. The normalized spacial score (nSPS) is 15.5. The van der Waals surface area contributed by atoms with Gasteiger partial charge in [0.2, 0.25) is 0 Å². The second kappa shape index (κ2) is 8.92. The highest BCUT2D eigenvalue weighted by Gasteiger charge is 2.13. The van der Waals surface area contributed by atoms with Crippen LogP contribution in [-0.4, -0.2) is 49.1 Å². The lowest BCUT2D eigenvalue weighted by Gasteiger charge is -2.32. The summed E-state index contributed by atoms with van der Waals surface area (Å²) in [5.74, 6) is -1.49. The molecule has 7 heteroatoms. The molecule has 0 bridgehead atoms. The van der Waals surface area contributed by atoms with Crippen molar-refractivity contribution < 1.29 is 13.6 Å². The smallest absolute Gasteiger partial charge is 0.319 e. The van der Waals surface area contributed by atoms with Crippen LogP contribution in [-0.2, 0) is 13.1 Å². The van der Waals surface area contributed by atoms with Crippen LogP contribution < -0.4 is 10.6 Å². The summed E-state index contributed by atoms with van der Waals surface area (Å²) in [6.45, 7) is 5.56. The fourth-order valence-corrected chi connectivity index (χ4v) is 2.97. The van der Waals surface area contributed by atoms with Crippen molar-refractivity contribution >= 4 is 11.7 Å². The molecule has 0 aromatic heterocycles. The highest BCUT2D eigenvalue weighted by molar-refractivity contribution is 5.89. The van der Waals surface area contributed by atoms with Crippen LogP contribution in [0.3, 0.4) is 0 Å². The highest BCUT2D eigenvalue weighted by Crippen LogP contribution is 2.15. The Balaban J connectivity index is 1.46. The number of nitrogens with one attached hydrogen (secondary N) is 2. The van der Waals surface area contributed by atoms with Gasteiger partial charge in [0.25, 0.3) is 0 Å². The number of hydrogen-bond donors (Lipinski definition) is 2. The van der Waals surface area contributed by atoms with Crippen LogP contribution in [0.5, 0.6) is 0 Å². The lowest BCUT2D eigenvalue weighted by Crippen LogP contribution is -2.43. The number of piperazine rings is 1. The van der Waals surface area contributed by atoms with Crippen molar-refractivity contribution in [2.75, 3.05) is 38.5 Å². The van der Waals surface area contributed by atoms with E-state index in [2.05, 4.69) is 39.6 Å². The minimum atomic E-state index is -0.807. The highest BCUT2D eigenvalue weighted by atomic mass is 19.1. The lowest BCUT2D eigenvalue weighted by atomic mass is 10.1. The predicted molar refractivity (Wildman–Crippen MR) is 101 cm³/mol. The molecule has 1 heterocycles. The number of hydrogen-bond acceptors (Lipinski definition) is 3. The molecule has 2 N–H and O–H groups in total. The van der Waals surface area contributed by atoms with E-state index in [1.165, 1.54) is 11.6 Å². The third-order valence-corrected chi connectivity index (χ3v) is 4.66. The molecule has 0 saturated carbocycles. The summed E-state index contributed by atoms with van der Waals surface area (Å²) in [6, 6.07) is 10.6. The van der Waals surface area contributed by atoms with Crippen molar-refractivity contribution in [2.45, 2.75) is 13.1 Å². The predicted octanol–water partition coefficient (Wildman–Crippen LogP) is 3.03. The van der Waals surface area contributed by atoms with E-state index in [0.29, 0.717) is 6.54 Å². The molecule has 0 radical (unpaired) electrons. The number of amides is 2. The van der Waals surface area contributed by atoms with Crippen molar-refractivity contribution in [3.8, 4) is 0 Å². The fraction of sp³-hybridized carbons (Fsp3) is 0.350. The van der Waals surface area contributed by atoms with Gasteiger partial charge in [-0.3, -0.25) is 4.90 Å². The van der Waals surface area contributed by atoms with Crippen molar-refractivity contribution in [1.29, 1.82) is 0 Å². The van der Waals surface area contributed by atoms with Gasteiger partial charge in [0, 0.05) is 45.3 Å². The second-order valence-corrected chi connectivity index (χ2v) is 6.83. The number of halogens is 2. The first-order valence-corrected chi connectivity index (χ1v) is 8.98. The van der Waals surface area contributed by atoms with Crippen LogP contribution in [0.4, 0.5) is 19.3 Å². The molecule has 0 atom stereocenters. The molecule has 5 nitrogen and oxygen atoms in total. The zero-order chi connectivity index (χ0) is 19.2. The van der Waals surface area contributed by atoms with Crippen molar-refractivity contribution in [2.24, 2.45) is 0 Å². The molecule has 3 rings (SSSR count). The molecule has 1 fully saturated rings. The van der Waals surface area contributed by atoms with Gasteiger partial charge in [0.15, 0.2) is 0 Å². The van der Waals surface area contributed by atoms with Crippen LogP contribution in [0.25, 0.3) is 0 Å². The first-order valence-electron chi connectivity index (χ1n) is 8.98. The largest absolute Gasteiger partial charge is 0.334 e. The lowest BCUT2D eigenvalue weighted by molar-refractivity contribution is 0.148. The van der Waals surface area contributed by atoms with Crippen LogP contribution in [0.2, 0.25) is 0 Å². The van der Waals surface area contributed by atoms with Crippen molar-refractivity contribution in [1.82, 2.24) is 15.1 Å². The van der Waals surface area contributed by atoms with E-state index in [1.807, 2.05) is 12.1 Å². The van der Waals surface area contributed by atoms with E-state index in [9.17, 15) is 13.6 Å². The van der Waals surface area contributed by atoms with Gasteiger partial charge in [-0.1, -0.05) is 24.3 Å². The van der Waals surface area contributed by atoms with Gasteiger partial charge >= 0.3 is 6.03 Å². The Bertz CT molecular complexity index is 774. The minimum Gasteiger partial charge on any atom is -0.334 e. The quantitative estimate of drug-likeness (QED) is 0.846. The fourth-order valence-electron chi connectivity index (χ4n) is 2.97. The molecule has 2 aromatic rings. The molecule has 2 aromatic carbocycles. The molecule has 0 unspecified atom stereocenters. The SMILES string of the molecule is CN1CCN(Cc2ccc(CNC(=O)Nc3ccc(F)cc3F)cc2)CC1. The van der Waals surface area contributed by atoms with E-state index in [1.54, 1.807) is 0 Å². The van der Waals surface area contributed by atoms with Gasteiger partial charge in [-0.05, 0) is 30.3 Å². The Kier molecular flexibility index (Phi) is 6.36. The first kappa shape index (κ1) is 19.3. The Morgan fingerprint density at radius 3 is 2.33 bits per heavy atom. The van der Waals surface area contributed by atoms with E-state index in [0.717, 1.165) is 50.4 Å². The molecular weight excluding hydrogens is 350 g/mol. The summed E-state index contributed by atoms with van der Waals surface area (Å²) in [5, 5.41) is 5.04. The topological polar surface area (TPSA) is 47.6 Å². The monoisotopic (exact) mass is 374 g/mol. The number of nitrogens with zero attached hydrogens (tertiary/aromatic N) is 2. The van der Waals surface area contributed by atoms with Gasteiger partial charge in [0.1, 0.15) is 11.6 Å². The first-order chi connectivity index (χ1) is 13.0. The minimum absolute atomic E-state index is 0.0589. The van der Waals surface area contributed by atoms with E-state index >= 15 is 0 Å². The summed E-state index contributed by atoms with van der Waals surface area (Å²) in [6.07, 6.45) is 0. The summed E-state index contributed by atoms with van der Waals surface area (Å²) < 4.78 is 26.4. The average Bonchev–Trinajstić information content (AvgIpc) is 2.65. The van der Waals surface area contributed by atoms with Crippen LogP contribution in [0, 0.1) is 11.6 Å². The third kappa shape index (κ3) is 5.74. The molecule has 2 amide bonds. The van der Waals surface area contributed by atoms with E-state index in [4.69, 9.17) is 0 Å². The summed E-state index contributed by atoms with van der Waals surface area (Å²) in [5.41, 5.74) is 2.13. The Labute approximate surface area is 158 Å². The van der Waals surface area contributed by atoms with Crippen LogP contribution in [0.15, 0.2) is 42.5 Å². The van der Waals surface area contributed by atoms with E-state index in [-0.39, 0.29) is 5.69 Å². The number of rotatable bonds is 5. The maximum absolute atomic E-state index is 13.5. The maximum atomic E-state index is 13.5. The molecule has 1 saturated heterocycles. The van der Waals surface area contributed by atoms with Gasteiger partial charge in [-0.15, -0.1) is 0 Å². The van der Waals surface area contributed by atoms with Crippen molar-refractivity contribution in [3.63, 3.8) is 0 Å². The van der Waals surface area contributed by atoms with Gasteiger partial charge in [-0.2, -0.15) is 0 Å².